The third kappa shape index (κ3) is 4.64. The molecule has 0 unspecified atom stereocenters. The average Bonchev–Trinajstić information content (AvgIpc) is 3.20. The Balaban J connectivity index is 1.43. The lowest BCUT2D eigenvalue weighted by atomic mass is 10.0. The Morgan fingerprint density at radius 2 is 1.94 bits per heavy atom. The minimum absolute atomic E-state index is 0.0130. The van der Waals surface area contributed by atoms with Crippen LogP contribution in [0.15, 0.2) is 46.7 Å². The predicted molar refractivity (Wildman–Crippen MR) is 125 cm³/mol. The molecule has 1 aromatic heterocycles. The molecule has 0 aliphatic carbocycles. The molecule has 3 aromatic rings. The van der Waals surface area contributed by atoms with Gasteiger partial charge in [-0.05, 0) is 61.6 Å². The normalized spacial score (nSPS) is 15.4. The van der Waals surface area contributed by atoms with Gasteiger partial charge in [-0.25, -0.2) is 17.8 Å². The standard InChI is InChI=1S/C23H24ClFN2O2S2/c1-15-4-3-5-17(16(15)2)12-19-14-30-23(26-19)27-10-8-20(9-11-27)31(28,29)22-7-6-18(25)13-21(22)24/h3-7,13-14,20H,8-12H2,1-2H3. The van der Waals surface area contributed by atoms with Gasteiger partial charge in [-0.1, -0.05) is 29.8 Å². The van der Waals surface area contributed by atoms with E-state index in [1.54, 1.807) is 11.3 Å². The van der Waals surface area contributed by atoms with Gasteiger partial charge in [0.1, 0.15) is 5.82 Å². The van der Waals surface area contributed by atoms with Crippen LogP contribution in [0.5, 0.6) is 0 Å². The summed E-state index contributed by atoms with van der Waals surface area (Å²) in [6, 6.07) is 9.78. The van der Waals surface area contributed by atoms with E-state index >= 15 is 0 Å². The van der Waals surface area contributed by atoms with E-state index in [-0.39, 0.29) is 9.92 Å². The van der Waals surface area contributed by atoms with Crippen molar-refractivity contribution in [3.05, 3.63) is 75.0 Å². The largest absolute Gasteiger partial charge is 0.348 e. The first-order valence-electron chi connectivity index (χ1n) is 10.2. The first-order chi connectivity index (χ1) is 14.8. The van der Waals surface area contributed by atoms with Gasteiger partial charge in [-0.3, -0.25) is 0 Å². The molecular formula is C23H24ClFN2O2S2. The maximum atomic E-state index is 13.3. The Hall–Kier alpha value is -1.96. The molecule has 4 rings (SSSR count). The second-order valence-corrected chi connectivity index (χ2v) is 11.4. The molecule has 0 amide bonds. The third-order valence-corrected chi connectivity index (χ3v) is 9.67. The molecule has 0 saturated carbocycles. The van der Waals surface area contributed by atoms with Crippen molar-refractivity contribution in [1.29, 1.82) is 0 Å². The van der Waals surface area contributed by atoms with Crippen LogP contribution >= 0.6 is 22.9 Å². The number of benzene rings is 2. The highest BCUT2D eigenvalue weighted by Gasteiger charge is 2.33. The average molecular weight is 479 g/mol. The van der Waals surface area contributed by atoms with Crippen LogP contribution < -0.4 is 4.90 Å². The summed E-state index contributed by atoms with van der Waals surface area (Å²) < 4.78 is 39.3. The molecule has 0 spiro atoms. The molecular weight excluding hydrogens is 455 g/mol. The van der Waals surface area contributed by atoms with Crippen molar-refractivity contribution in [2.75, 3.05) is 18.0 Å². The van der Waals surface area contributed by atoms with Gasteiger partial charge < -0.3 is 4.90 Å². The molecule has 2 heterocycles. The monoisotopic (exact) mass is 478 g/mol. The zero-order valence-electron chi connectivity index (χ0n) is 17.4. The number of rotatable bonds is 5. The molecule has 1 aliphatic heterocycles. The third-order valence-electron chi connectivity index (χ3n) is 5.98. The lowest BCUT2D eigenvalue weighted by Crippen LogP contribution is -2.39. The van der Waals surface area contributed by atoms with Gasteiger partial charge in [0.15, 0.2) is 15.0 Å². The minimum atomic E-state index is -3.60. The molecule has 1 fully saturated rings. The van der Waals surface area contributed by atoms with Crippen molar-refractivity contribution in [2.24, 2.45) is 0 Å². The number of nitrogens with zero attached hydrogens (tertiary/aromatic N) is 2. The van der Waals surface area contributed by atoms with Crippen molar-refractivity contribution in [3.8, 4) is 0 Å². The molecule has 2 aromatic carbocycles. The van der Waals surface area contributed by atoms with Crippen molar-refractivity contribution in [2.45, 2.75) is 43.3 Å². The van der Waals surface area contributed by atoms with E-state index in [0.29, 0.717) is 25.9 Å². The molecule has 4 nitrogen and oxygen atoms in total. The minimum Gasteiger partial charge on any atom is -0.348 e. The highest BCUT2D eigenvalue weighted by molar-refractivity contribution is 7.92. The van der Waals surface area contributed by atoms with Gasteiger partial charge in [-0.2, -0.15) is 0 Å². The second-order valence-electron chi connectivity index (χ2n) is 7.96. The zero-order chi connectivity index (χ0) is 22.2. The number of sulfone groups is 1. The molecule has 0 N–H and O–H groups in total. The van der Waals surface area contributed by atoms with Crippen LogP contribution in [0.4, 0.5) is 9.52 Å². The Kier molecular flexibility index (Phi) is 6.37. The fourth-order valence-corrected chi connectivity index (χ4v) is 7.11. The predicted octanol–water partition coefficient (Wildman–Crippen LogP) is 5.59. The SMILES string of the molecule is Cc1cccc(Cc2csc(N3CCC(S(=O)(=O)c4ccc(F)cc4Cl)CC3)n2)c1C. The van der Waals surface area contributed by atoms with Crippen LogP contribution in [0.1, 0.15) is 35.2 Å². The second kappa shape index (κ2) is 8.88. The number of halogens is 2. The van der Waals surface area contributed by atoms with E-state index in [9.17, 15) is 12.8 Å². The van der Waals surface area contributed by atoms with E-state index in [1.165, 1.54) is 22.8 Å². The van der Waals surface area contributed by atoms with Gasteiger partial charge in [0.25, 0.3) is 0 Å². The number of anilines is 1. The summed E-state index contributed by atoms with van der Waals surface area (Å²) >= 11 is 7.61. The molecule has 0 atom stereocenters. The van der Waals surface area contributed by atoms with E-state index in [0.717, 1.165) is 29.4 Å². The molecule has 0 radical (unpaired) electrons. The van der Waals surface area contributed by atoms with Crippen LogP contribution in [0.2, 0.25) is 5.02 Å². The number of thiazole rings is 1. The highest BCUT2D eigenvalue weighted by Crippen LogP contribution is 2.32. The topological polar surface area (TPSA) is 50.3 Å². The van der Waals surface area contributed by atoms with Crippen molar-refractivity contribution in [1.82, 2.24) is 4.98 Å². The Bertz CT molecular complexity index is 1200. The number of piperidine rings is 1. The quantitative estimate of drug-likeness (QED) is 0.449. The number of hydrogen-bond donors (Lipinski definition) is 0. The fraction of sp³-hybridized carbons (Fsp3) is 0.348. The summed E-state index contributed by atoms with van der Waals surface area (Å²) in [5, 5.41) is 2.42. The van der Waals surface area contributed by atoms with E-state index in [4.69, 9.17) is 16.6 Å². The molecule has 1 aliphatic rings. The Morgan fingerprint density at radius 1 is 1.19 bits per heavy atom. The number of aromatic nitrogens is 1. The van der Waals surface area contributed by atoms with Crippen LogP contribution in [-0.2, 0) is 16.3 Å². The van der Waals surface area contributed by atoms with Crippen LogP contribution in [0.3, 0.4) is 0 Å². The van der Waals surface area contributed by atoms with Crippen LogP contribution in [-0.4, -0.2) is 31.7 Å². The van der Waals surface area contributed by atoms with Gasteiger partial charge in [0.05, 0.1) is 20.9 Å². The summed E-state index contributed by atoms with van der Waals surface area (Å²) in [7, 11) is -3.60. The molecule has 8 heteroatoms. The smallest absolute Gasteiger partial charge is 0.185 e. The molecule has 164 valence electrons. The van der Waals surface area contributed by atoms with Gasteiger partial charge in [0, 0.05) is 24.9 Å². The summed E-state index contributed by atoms with van der Waals surface area (Å²) in [5.74, 6) is -0.542. The van der Waals surface area contributed by atoms with Gasteiger partial charge in [0.2, 0.25) is 0 Å². The molecule has 0 bridgehead atoms. The van der Waals surface area contributed by atoms with E-state index in [2.05, 4.69) is 42.3 Å². The Labute approximate surface area is 191 Å². The fourth-order valence-electron chi connectivity index (χ4n) is 3.96. The van der Waals surface area contributed by atoms with Crippen LogP contribution in [0.25, 0.3) is 0 Å². The maximum absolute atomic E-state index is 13.3. The summed E-state index contributed by atoms with van der Waals surface area (Å²) in [4.78, 5) is 6.96. The van der Waals surface area contributed by atoms with Crippen molar-refractivity contribution >= 4 is 37.9 Å². The lowest BCUT2D eigenvalue weighted by Gasteiger charge is -2.31. The lowest BCUT2D eigenvalue weighted by molar-refractivity contribution is 0.529. The molecule has 31 heavy (non-hydrogen) atoms. The zero-order valence-corrected chi connectivity index (χ0v) is 19.8. The van der Waals surface area contributed by atoms with Gasteiger partial charge >= 0.3 is 0 Å². The summed E-state index contributed by atoms with van der Waals surface area (Å²) in [5.41, 5.74) is 4.87. The first-order valence-corrected chi connectivity index (χ1v) is 13.0. The molecule has 1 saturated heterocycles. The van der Waals surface area contributed by atoms with Crippen LogP contribution in [0, 0.1) is 19.7 Å². The van der Waals surface area contributed by atoms with Crippen molar-refractivity contribution < 1.29 is 12.8 Å². The van der Waals surface area contributed by atoms with Gasteiger partial charge in [-0.15, -0.1) is 11.3 Å². The first kappa shape index (κ1) is 22.2. The highest BCUT2D eigenvalue weighted by atomic mass is 35.5. The summed E-state index contributed by atoms with van der Waals surface area (Å²) in [6.45, 7) is 5.47. The Morgan fingerprint density at radius 3 is 2.65 bits per heavy atom. The number of aryl methyl sites for hydroxylation is 1. The van der Waals surface area contributed by atoms with E-state index in [1.807, 2.05) is 0 Å². The number of hydrogen-bond acceptors (Lipinski definition) is 5. The van der Waals surface area contributed by atoms with Crippen molar-refractivity contribution in [3.63, 3.8) is 0 Å². The van der Waals surface area contributed by atoms with E-state index < -0.39 is 20.9 Å². The summed E-state index contributed by atoms with van der Waals surface area (Å²) in [6.07, 6.45) is 1.77. The maximum Gasteiger partial charge on any atom is 0.185 e.